The number of hydrogen-bond donors (Lipinski definition) is 1. The van der Waals surface area contributed by atoms with Crippen molar-refractivity contribution in [1.29, 1.82) is 0 Å². The number of benzene rings is 7. The van der Waals surface area contributed by atoms with Crippen LogP contribution in [0.5, 0.6) is 0 Å². The molecule has 2 aliphatic heterocycles. The molecule has 5 nitrogen and oxygen atoms in total. The molecule has 1 aliphatic carbocycles. The molecule has 1 atom stereocenters. The summed E-state index contributed by atoms with van der Waals surface area (Å²) < 4.78 is 2.44. The number of anilines is 2. The minimum absolute atomic E-state index is 0.178. The Kier molecular flexibility index (Phi) is 7.62. The first-order valence-electron chi connectivity index (χ1n) is 19.3. The molecule has 1 N–H and O–H groups in total. The Morgan fingerprint density at radius 3 is 1.84 bits per heavy atom. The van der Waals surface area contributed by atoms with Gasteiger partial charge >= 0.3 is 0 Å². The second kappa shape index (κ2) is 13.3. The molecule has 56 heavy (non-hydrogen) atoms. The van der Waals surface area contributed by atoms with Crippen molar-refractivity contribution >= 4 is 50.4 Å². The van der Waals surface area contributed by atoms with Crippen LogP contribution in [0.25, 0.3) is 44.2 Å². The van der Waals surface area contributed by atoms with Crippen molar-refractivity contribution in [3.8, 4) is 16.8 Å². The molecule has 11 rings (SSSR count). The van der Waals surface area contributed by atoms with Crippen molar-refractivity contribution < 1.29 is 0 Å². The molecule has 7 aromatic carbocycles. The van der Waals surface area contributed by atoms with Gasteiger partial charge in [0, 0.05) is 44.4 Å². The van der Waals surface area contributed by atoms with Crippen molar-refractivity contribution in [2.24, 2.45) is 9.98 Å². The fourth-order valence-electron chi connectivity index (χ4n) is 8.69. The summed E-state index contributed by atoms with van der Waals surface area (Å²) in [6.07, 6.45) is 7.34. The Bertz CT molecular complexity index is 2850. The van der Waals surface area contributed by atoms with Crippen LogP contribution in [0.3, 0.4) is 0 Å². The zero-order valence-electron chi connectivity index (χ0n) is 30.6. The predicted octanol–water partition coefficient (Wildman–Crippen LogP) is 11.8. The average Bonchev–Trinajstić information content (AvgIpc) is 3.78. The second-order valence-corrected chi connectivity index (χ2v) is 14.6. The summed E-state index contributed by atoms with van der Waals surface area (Å²) in [6, 6.07) is 62.9. The summed E-state index contributed by atoms with van der Waals surface area (Å²) in [5.41, 5.74) is 14.0. The lowest BCUT2D eigenvalue weighted by Crippen LogP contribution is -2.36. The van der Waals surface area contributed by atoms with Gasteiger partial charge in [-0.05, 0) is 65.6 Å². The Balaban J connectivity index is 1.08. The van der Waals surface area contributed by atoms with Gasteiger partial charge in [0.05, 0.1) is 22.8 Å². The van der Waals surface area contributed by atoms with E-state index in [1.807, 2.05) is 36.4 Å². The maximum Gasteiger partial charge on any atom is 0.169 e. The fraction of sp³-hybridized carbons (Fsp3) is 0.0588. The quantitative estimate of drug-likeness (QED) is 0.186. The van der Waals surface area contributed by atoms with Gasteiger partial charge < -0.3 is 14.8 Å². The number of para-hydroxylation sites is 1. The molecule has 0 fully saturated rings. The van der Waals surface area contributed by atoms with Gasteiger partial charge in [-0.1, -0.05) is 152 Å². The van der Waals surface area contributed by atoms with E-state index in [4.69, 9.17) is 9.98 Å². The average molecular weight is 720 g/mol. The summed E-state index contributed by atoms with van der Waals surface area (Å²) in [5, 5.41) is 6.04. The van der Waals surface area contributed by atoms with Crippen LogP contribution in [0.4, 0.5) is 11.4 Å². The van der Waals surface area contributed by atoms with E-state index >= 15 is 0 Å². The first-order chi connectivity index (χ1) is 27.8. The highest BCUT2D eigenvalue weighted by Gasteiger charge is 2.36. The van der Waals surface area contributed by atoms with E-state index in [0.29, 0.717) is 0 Å². The number of nitrogens with one attached hydrogen (secondary N) is 1. The third kappa shape index (κ3) is 5.39. The third-order valence-corrected chi connectivity index (χ3v) is 11.3. The smallest absolute Gasteiger partial charge is 0.169 e. The molecule has 0 saturated carbocycles. The zero-order chi connectivity index (χ0) is 37.0. The van der Waals surface area contributed by atoms with Gasteiger partial charge in [0.25, 0.3) is 0 Å². The fourth-order valence-corrected chi connectivity index (χ4v) is 8.69. The van der Waals surface area contributed by atoms with Crippen LogP contribution in [-0.2, 0) is 0 Å². The predicted molar refractivity (Wildman–Crippen MR) is 232 cm³/mol. The normalized spacial score (nSPS) is 16.2. The lowest BCUT2D eigenvalue weighted by Gasteiger charge is -2.29. The molecule has 266 valence electrons. The Labute approximate surface area is 325 Å². The number of nitrogens with zero attached hydrogens (tertiary/aromatic N) is 4. The highest BCUT2D eigenvalue weighted by atomic mass is 15.2. The van der Waals surface area contributed by atoms with Gasteiger partial charge in [-0.3, -0.25) is 0 Å². The van der Waals surface area contributed by atoms with E-state index in [1.165, 1.54) is 49.8 Å². The first-order valence-corrected chi connectivity index (χ1v) is 19.3. The Hall–Kier alpha value is -7.24. The number of fused-ring (bicyclic) bond motifs is 6. The van der Waals surface area contributed by atoms with Crippen molar-refractivity contribution in [1.82, 2.24) is 9.88 Å². The number of allylic oxidation sites excluding steroid dienone is 2. The van der Waals surface area contributed by atoms with Crippen LogP contribution >= 0.6 is 0 Å². The summed E-state index contributed by atoms with van der Waals surface area (Å²) in [5.74, 6) is 1.63. The lowest BCUT2D eigenvalue weighted by molar-refractivity contribution is 0.753. The molecule has 1 aromatic heterocycles. The molecule has 0 radical (unpaired) electrons. The van der Waals surface area contributed by atoms with E-state index in [9.17, 15) is 0 Å². The van der Waals surface area contributed by atoms with E-state index in [2.05, 4.69) is 173 Å². The molecule has 0 bridgehead atoms. The van der Waals surface area contributed by atoms with Gasteiger partial charge in [0.15, 0.2) is 6.17 Å². The van der Waals surface area contributed by atoms with Gasteiger partial charge in [-0.15, -0.1) is 0 Å². The molecule has 0 amide bonds. The van der Waals surface area contributed by atoms with E-state index < -0.39 is 6.17 Å². The molecule has 1 unspecified atom stereocenters. The number of aromatic nitrogens is 1. The minimum Gasteiger partial charge on any atom is -0.333 e. The van der Waals surface area contributed by atoms with Crippen LogP contribution in [0.1, 0.15) is 34.8 Å². The van der Waals surface area contributed by atoms with Crippen molar-refractivity contribution in [2.45, 2.75) is 18.6 Å². The number of rotatable bonds is 6. The standard InChI is InChI=1S/C51H37N5/c1-5-16-34(17-6-1)37-28-29-42-44-32-43-41-26-13-14-27-45(41)56(48(43)33-47(44)55(46(42)31-37)39-23-11-4-12-24-39)40-25-15-22-38(30-40)51-53-49(35-18-7-2-8-19-35)52-50(54-51)36-20-9-3-10-21-36/h1-26,28-33,45,51H,27H2,(H,52,53,54). The number of amidine groups is 2. The molecule has 8 aromatic rings. The lowest BCUT2D eigenvalue weighted by atomic mass is 9.95. The Morgan fingerprint density at radius 2 is 1.14 bits per heavy atom. The molecule has 0 saturated heterocycles. The maximum atomic E-state index is 5.20. The third-order valence-electron chi connectivity index (χ3n) is 11.3. The molecule has 3 heterocycles. The molecular weight excluding hydrogens is 683 g/mol. The van der Waals surface area contributed by atoms with Crippen LogP contribution in [0, 0.1) is 0 Å². The number of aliphatic imine (C=N–C) groups is 2. The van der Waals surface area contributed by atoms with E-state index in [0.717, 1.165) is 46.2 Å². The largest absolute Gasteiger partial charge is 0.333 e. The second-order valence-electron chi connectivity index (χ2n) is 14.6. The summed E-state index contributed by atoms with van der Waals surface area (Å²) in [6.45, 7) is 0. The van der Waals surface area contributed by atoms with Crippen LogP contribution in [0.2, 0.25) is 0 Å². The van der Waals surface area contributed by atoms with Gasteiger partial charge in [0.2, 0.25) is 0 Å². The van der Waals surface area contributed by atoms with Gasteiger partial charge in [0.1, 0.15) is 11.7 Å². The zero-order valence-corrected chi connectivity index (χ0v) is 30.6. The summed E-state index contributed by atoms with van der Waals surface area (Å²) in [7, 11) is 0. The molecule has 5 heteroatoms. The highest BCUT2D eigenvalue weighted by Crippen LogP contribution is 2.50. The molecule has 3 aliphatic rings. The first kappa shape index (κ1) is 32.2. The maximum absolute atomic E-state index is 5.20. The van der Waals surface area contributed by atoms with Gasteiger partial charge in [-0.2, -0.15) is 0 Å². The van der Waals surface area contributed by atoms with E-state index in [1.54, 1.807) is 0 Å². The summed E-state index contributed by atoms with van der Waals surface area (Å²) in [4.78, 5) is 13.0. The van der Waals surface area contributed by atoms with Crippen molar-refractivity contribution in [3.63, 3.8) is 0 Å². The Morgan fingerprint density at radius 1 is 0.518 bits per heavy atom. The van der Waals surface area contributed by atoms with Crippen LogP contribution < -0.4 is 10.2 Å². The van der Waals surface area contributed by atoms with Crippen LogP contribution in [-0.4, -0.2) is 22.3 Å². The topological polar surface area (TPSA) is 44.9 Å². The SMILES string of the molecule is C1=CCC2C(=C1)c1cc3c4ccc(-c5ccccc5)cc4n(-c4ccccc4)c3cc1N2c1cccc(C2N=C(c3ccccc3)NC(c3ccccc3)=N2)c1. The van der Waals surface area contributed by atoms with Gasteiger partial charge in [-0.25, -0.2) is 9.98 Å². The highest BCUT2D eigenvalue weighted by molar-refractivity contribution is 6.16. The number of hydrogen-bond acceptors (Lipinski definition) is 4. The monoisotopic (exact) mass is 719 g/mol. The van der Waals surface area contributed by atoms with Crippen molar-refractivity contribution in [3.05, 3.63) is 216 Å². The summed E-state index contributed by atoms with van der Waals surface area (Å²) >= 11 is 0. The van der Waals surface area contributed by atoms with E-state index in [-0.39, 0.29) is 6.04 Å². The molecular formula is C51H37N5. The van der Waals surface area contributed by atoms with Crippen LogP contribution in [0.15, 0.2) is 204 Å². The molecule has 0 spiro atoms. The minimum atomic E-state index is -0.410. The van der Waals surface area contributed by atoms with Crippen molar-refractivity contribution in [2.75, 3.05) is 4.90 Å².